The fourth-order valence-corrected chi connectivity index (χ4v) is 4.64. The van der Waals surface area contributed by atoms with Gasteiger partial charge in [0.2, 0.25) is 0 Å². The minimum Gasteiger partial charge on any atom is -0.334 e. The molecule has 2 aromatic heterocycles. The van der Waals surface area contributed by atoms with Crippen LogP contribution in [0, 0.1) is 27.7 Å². The van der Waals surface area contributed by atoms with Crippen LogP contribution in [0.3, 0.4) is 0 Å². The minimum atomic E-state index is -0.154. The number of hydrogen-bond donors (Lipinski definition) is 1. The van der Waals surface area contributed by atoms with Crippen LogP contribution in [0.25, 0.3) is 11.3 Å². The van der Waals surface area contributed by atoms with E-state index in [2.05, 4.69) is 15.3 Å². The summed E-state index contributed by atoms with van der Waals surface area (Å²) in [6.07, 6.45) is 0.693. The van der Waals surface area contributed by atoms with Crippen LogP contribution in [-0.2, 0) is 20.0 Å². The standard InChI is InChI=1S/C22H24ClN5O2.C2H6/c1-11-8-13(3)24-21(29)17(11)10-28-7-6-15-12(2)9-16(19(23)18(15)22(28)30)20-14(4)25-26-27(20)5;1-2/h8-9H,6-7,10H2,1-5H3,(H,24,29);1-2H3. The first-order valence-corrected chi connectivity index (χ1v) is 11.2. The van der Waals surface area contributed by atoms with Crippen LogP contribution in [0.15, 0.2) is 16.9 Å². The van der Waals surface area contributed by atoms with Crippen molar-refractivity contribution < 1.29 is 4.79 Å². The molecule has 1 amide bonds. The van der Waals surface area contributed by atoms with Crippen molar-refractivity contribution in [3.8, 4) is 11.3 Å². The van der Waals surface area contributed by atoms with Gasteiger partial charge in [0, 0.05) is 30.4 Å². The predicted octanol–water partition coefficient (Wildman–Crippen LogP) is 4.28. The molecule has 0 spiro atoms. The van der Waals surface area contributed by atoms with Crippen molar-refractivity contribution in [3.63, 3.8) is 0 Å². The average Bonchev–Trinajstić information content (AvgIpc) is 3.08. The van der Waals surface area contributed by atoms with Crippen LogP contribution in [-0.4, -0.2) is 37.3 Å². The number of aromatic nitrogens is 4. The number of rotatable bonds is 3. The summed E-state index contributed by atoms with van der Waals surface area (Å²) >= 11 is 6.80. The van der Waals surface area contributed by atoms with E-state index >= 15 is 0 Å². The fourth-order valence-electron chi connectivity index (χ4n) is 4.30. The monoisotopic (exact) mass is 455 g/mol. The lowest BCUT2D eigenvalue weighted by Gasteiger charge is -2.31. The minimum absolute atomic E-state index is 0.154. The number of carbonyl (C=O) groups excluding carboxylic acids is 1. The van der Waals surface area contributed by atoms with Gasteiger partial charge in [-0.25, -0.2) is 4.68 Å². The molecule has 170 valence electrons. The van der Waals surface area contributed by atoms with Crippen molar-refractivity contribution >= 4 is 17.5 Å². The van der Waals surface area contributed by atoms with Crippen molar-refractivity contribution in [2.75, 3.05) is 6.54 Å². The molecule has 0 saturated carbocycles. The zero-order chi connectivity index (χ0) is 23.7. The van der Waals surface area contributed by atoms with Gasteiger partial charge in [0.15, 0.2) is 0 Å². The van der Waals surface area contributed by atoms with Crippen LogP contribution in [0.5, 0.6) is 0 Å². The Kier molecular flexibility index (Phi) is 6.88. The van der Waals surface area contributed by atoms with Crippen molar-refractivity contribution in [3.05, 3.63) is 66.7 Å². The Morgan fingerprint density at radius 2 is 1.78 bits per heavy atom. The molecule has 1 aromatic carbocycles. The second-order valence-electron chi connectivity index (χ2n) is 7.98. The first-order valence-electron chi connectivity index (χ1n) is 10.9. The van der Waals surface area contributed by atoms with Crippen LogP contribution in [0.1, 0.15) is 57.8 Å². The lowest BCUT2D eigenvalue weighted by Crippen LogP contribution is -2.39. The second kappa shape index (κ2) is 9.28. The number of pyridine rings is 1. The van der Waals surface area contributed by atoms with Crippen molar-refractivity contribution in [1.82, 2.24) is 24.9 Å². The third-order valence-corrected chi connectivity index (χ3v) is 6.21. The molecule has 0 radical (unpaired) electrons. The topological polar surface area (TPSA) is 83.9 Å². The molecule has 32 heavy (non-hydrogen) atoms. The first-order chi connectivity index (χ1) is 15.2. The van der Waals surface area contributed by atoms with Gasteiger partial charge in [0.05, 0.1) is 28.5 Å². The second-order valence-corrected chi connectivity index (χ2v) is 8.35. The molecular formula is C24H30ClN5O2. The number of amides is 1. The summed E-state index contributed by atoms with van der Waals surface area (Å²) in [5, 5.41) is 8.59. The molecule has 0 atom stereocenters. The summed E-state index contributed by atoms with van der Waals surface area (Å²) in [5.74, 6) is -0.154. The third-order valence-electron chi connectivity index (χ3n) is 5.82. The molecule has 1 N–H and O–H groups in total. The third kappa shape index (κ3) is 4.09. The Hall–Kier alpha value is -2.93. The molecule has 0 bridgehead atoms. The molecule has 8 heteroatoms. The van der Waals surface area contributed by atoms with E-state index < -0.39 is 0 Å². The molecule has 0 fully saturated rings. The molecule has 0 saturated heterocycles. The molecule has 0 unspecified atom stereocenters. The molecule has 3 aromatic rings. The van der Waals surface area contributed by atoms with E-state index in [1.165, 1.54) is 0 Å². The smallest absolute Gasteiger partial charge is 0.255 e. The van der Waals surface area contributed by atoms with E-state index in [1.807, 2.05) is 53.7 Å². The zero-order valence-electron chi connectivity index (χ0n) is 19.8. The van der Waals surface area contributed by atoms with Crippen LogP contribution >= 0.6 is 11.6 Å². The van der Waals surface area contributed by atoms with E-state index in [1.54, 1.807) is 16.6 Å². The number of halogens is 1. The van der Waals surface area contributed by atoms with Crippen molar-refractivity contribution in [1.29, 1.82) is 0 Å². The Bertz CT molecular complexity index is 1220. The van der Waals surface area contributed by atoms with Crippen LogP contribution in [0.2, 0.25) is 5.02 Å². The Labute approximate surface area is 193 Å². The van der Waals surface area contributed by atoms with Gasteiger partial charge < -0.3 is 9.88 Å². The fraction of sp³-hybridized carbons (Fsp3) is 0.417. The molecule has 7 nitrogen and oxygen atoms in total. The molecule has 3 heterocycles. The highest BCUT2D eigenvalue weighted by Gasteiger charge is 2.31. The summed E-state index contributed by atoms with van der Waals surface area (Å²) in [4.78, 5) is 30.5. The summed E-state index contributed by atoms with van der Waals surface area (Å²) in [7, 11) is 1.81. The SMILES string of the molecule is CC.Cc1cc(C)c(CN2CCc3c(C)cc(-c4c(C)nnn4C)c(Cl)c3C2=O)c(=O)[nH]1. The number of hydrogen-bond acceptors (Lipinski definition) is 4. The summed E-state index contributed by atoms with van der Waals surface area (Å²) in [5.41, 5.74) is 6.92. The van der Waals surface area contributed by atoms with Gasteiger partial charge in [-0.1, -0.05) is 30.7 Å². The summed E-state index contributed by atoms with van der Waals surface area (Å²) in [6, 6.07) is 3.93. The van der Waals surface area contributed by atoms with E-state index in [0.29, 0.717) is 29.1 Å². The van der Waals surface area contributed by atoms with Gasteiger partial charge in [0.1, 0.15) is 0 Å². The number of nitrogens with zero attached hydrogens (tertiary/aromatic N) is 4. The number of aryl methyl sites for hydroxylation is 5. The molecule has 1 aliphatic rings. The Balaban J connectivity index is 0.00000141. The number of benzene rings is 1. The quantitative estimate of drug-likeness (QED) is 0.638. The molecule has 4 rings (SSSR count). The number of nitrogens with one attached hydrogen (secondary N) is 1. The first kappa shape index (κ1) is 23.7. The maximum atomic E-state index is 13.5. The Morgan fingerprint density at radius 3 is 2.38 bits per heavy atom. The van der Waals surface area contributed by atoms with Gasteiger partial charge in [-0.15, -0.1) is 5.10 Å². The largest absolute Gasteiger partial charge is 0.334 e. The summed E-state index contributed by atoms with van der Waals surface area (Å²) in [6.45, 7) is 12.4. The molecule has 0 aliphatic carbocycles. The van der Waals surface area contributed by atoms with E-state index in [-0.39, 0.29) is 18.0 Å². The lowest BCUT2D eigenvalue weighted by atomic mass is 9.90. The maximum Gasteiger partial charge on any atom is 0.255 e. The van der Waals surface area contributed by atoms with Crippen LogP contribution in [0.4, 0.5) is 0 Å². The van der Waals surface area contributed by atoms with Gasteiger partial charge in [-0.3, -0.25) is 9.59 Å². The zero-order valence-corrected chi connectivity index (χ0v) is 20.5. The highest BCUT2D eigenvalue weighted by atomic mass is 35.5. The van der Waals surface area contributed by atoms with Gasteiger partial charge in [-0.2, -0.15) is 0 Å². The number of carbonyl (C=O) groups is 1. The summed E-state index contributed by atoms with van der Waals surface area (Å²) < 4.78 is 1.67. The highest BCUT2D eigenvalue weighted by Crippen LogP contribution is 2.38. The van der Waals surface area contributed by atoms with Crippen molar-refractivity contribution in [2.45, 2.75) is 54.5 Å². The number of H-pyrrole nitrogens is 1. The van der Waals surface area contributed by atoms with Crippen molar-refractivity contribution in [2.24, 2.45) is 7.05 Å². The molecular weight excluding hydrogens is 426 g/mol. The van der Waals surface area contributed by atoms with Gasteiger partial charge in [0.25, 0.3) is 11.5 Å². The van der Waals surface area contributed by atoms with E-state index in [4.69, 9.17) is 11.6 Å². The van der Waals surface area contributed by atoms with Gasteiger partial charge >= 0.3 is 0 Å². The normalized spacial score (nSPS) is 13.0. The van der Waals surface area contributed by atoms with E-state index in [0.717, 1.165) is 39.3 Å². The molecule has 1 aliphatic heterocycles. The Morgan fingerprint density at radius 1 is 1.09 bits per heavy atom. The maximum absolute atomic E-state index is 13.5. The lowest BCUT2D eigenvalue weighted by molar-refractivity contribution is 0.0726. The number of aromatic amines is 1. The van der Waals surface area contributed by atoms with Crippen LogP contribution < -0.4 is 5.56 Å². The van der Waals surface area contributed by atoms with E-state index in [9.17, 15) is 9.59 Å². The number of fused-ring (bicyclic) bond motifs is 1. The predicted molar refractivity (Wildman–Crippen MR) is 127 cm³/mol. The highest BCUT2D eigenvalue weighted by molar-refractivity contribution is 6.36. The van der Waals surface area contributed by atoms with Gasteiger partial charge in [-0.05, 0) is 62.9 Å². The average molecular weight is 456 g/mol.